The molecule has 1 atom stereocenters. The van der Waals surface area contributed by atoms with E-state index in [9.17, 15) is 4.79 Å². The van der Waals surface area contributed by atoms with E-state index in [2.05, 4.69) is 18.8 Å². The second-order valence-electron chi connectivity index (χ2n) is 6.47. The van der Waals surface area contributed by atoms with Crippen LogP contribution in [0.25, 0.3) is 0 Å². The van der Waals surface area contributed by atoms with E-state index in [0.717, 1.165) is 0 Å². The Balaban J connectivity index is 5.67. The fourth-order valence-corrected chi connectivity index (χ4v) is 5.67. The fourth-order valence-electron chi connectivity index (χ4n) is 2.09. The lowest BCUT2D eigenvalue weighted by molar-refractivity contribution is -0.00523. The van der Waals surface area contributed by atoms with Crippen LogP contribution in [0.3, 0.4) is 0 Å². The largest absolute Gasteiger partial charge is 0.528 e. The molecule has 0 spiro atoms. The summed E-state index contributed by atoms with van der Waals surface area (Å²) in [6.07, 6.45) is 2.15. The molecule has 0 aliphatic heterocycles. The van der Waals surface area contributed by atoms with Gasteiger partial charge in [-0.3, -0.25) is 0 Å². The summed E-state index contributed by atoms with van der Waals surface area (Å²) in [5, 5.41) is 0. The predicted octanol–water partition coefficient (Wildman–Crippen LogP) is 3.49. The van der Waals surface area contributed by atoms with E-state index in [1.165, 1.54) is 0 Å². The Kier molecular flexibility index (Phi) is 9.25. The van der Waals surface area contributed by atoms with Gasteiger partial charge in [0.2, 0.25) is 6.08 Å². The van der Waals surface area contributed by atoms with Gasteiger partial charge in [0.1, 0.15) is 5.67 Å². The van der Waals surface area contributed by atoms with Crippen molar-refractivity contribution in [2.45, 2.75) is 85.8 Å². The second-order valence-corrected chi connectivity index (χ2v) is 9.05. The summed E-state index contributed by atoms with van der Waals surface area (Å²) in [7, 11) is -3.13. The van der Waals surface area contributed by atoms with Crippen LogP contribution in [0, 0.1) is 5.92 Å². The number of hydrogen-bond acceptors (Lipinski definition) is 5. The van der Waals surface area contributed by atoms with Gasteiger partial charge in [-0.05, 0) is 53.9 Å². The lowest BCUT2D eigenvalue weighted by Gasteiger charge is -2.38. The maximum absolute atomic E-state index is 10.9. The predicted molar refractivity (Wildman–Crippen MR) is 85.8 cm³/mol. The molecule has 124 valence electrons. The first-order valence-corrected chi connectivity index (χ1v) is 9.53. The summed E-state index contributed by atoms with van der Waals surface area (Å²) in [4.78, 5) is 14.8. The monoisotopic (exact) mass is 317 g/mol. The minimum atomic E-state index is -3.13. The highest BCUT2D eigenvalue weighted by atomic mass is 28.4. The average molecular weight is 318 g/mol. The second kappa shape index (κ2) is 9.49. The van der Waals surface area contributed by atoms with E-state index in [1.54, 1.807) is 6.08 Å². The Labute approximate surface area is 130 Å². The van der Waals surface area contributed by atoms with E-state index >= 15 is 0 Å². The van der Waals surface area contributed by atoms with Gasteiger partial charge in [-0.25, -0.2) is 4.79 Å². The van der Waals surface area contributed by atoms with Crippen LogP contribution in [0.15, 0.2) is 4.99 Å². The van der Waals surface area contributed by atoms with Crippen molar-refractivity contribution in [3.63, 3.8) is 0 Å². The molecule has 0 fully saturated rings. The summed E-state index contributed by atoms with van der Waals surface area (Å²) in [6.45, 7) is 15.8. The van der Waals surface area contributed by atoms with Crippen molar-refractivity contribution in [2.24, 2.45) is 10.9 Å². The maximum atomic E-state index is 10.9. The first-order chi connectivity index (χ1) is 9.62. The number of carbonyl (C=O) groups excluding carboxylic acids is 1. The van der Waals surface area contributed by atoms with Gasteiger partial charge in [-0.15, -0.1) is 0 Å². The normalized spacial score (nSPS) is 14.1. The van der Waals surface area contributed by atoms with Gasteiger partial charge in [0.15, 0.2) is 0 Å². The third kappa shape index (κ3) is 7.88. The number of rotatable bonds is 10. The molecule has 0 amide bonds. The molecule has 0 saturated carbocycles. The average Bonchev–Trinajstić information content (AvgIpc) is 2.24. The Morgan fingerprint density at radius 1 is 0.857 bits per heavy atom. The topological polar surface area (TPSA) is 57.1 Å². The SMILES string of the molecule is CC(C)CC(N=C=O)[Si](OC(C)C)(OC(C)C)OC(C)C. The van der Waals surface area contributed by atoms with Crippen LogP contribution < -0.4 is 0 Å². The number of nitrogens with zero attached hydrogens (tertiary/aromatic N) is 1. The lowest BCUT2D eigenvalue weighted by atomic mass is 10.1. The Bertz CT molecular complexity index is 312. The minimum absolute atomic E-state index is 0.0642. The first-order valence-electron chi connectivity index (χ1n) is 7.73. The van der Waals surface area contributed by atoms with E-state index in [4.69, 9.17) is 13.3 Å². The van der Waals surface area contributed by atoms with Gasteiger partial charge < -0.3 is 13.3 Å². The van der Waals surface area contributed by atoms with Crippen molar-refractivity contribution in [1.82, 2.24) is 0 Å². The Morgan fingerprint density at radius 2 is 1.24 bits per heavy atom. The molecule has 0 heterocycles. The summed E-state index contributed by atoms with van der Waals surface area (Å²) >= 11 is 0. The third-order valence-corrected chi connectivity index (χ3v) is 6.09. The molecule has 0 aliphatic rings. The van der Waals surface area contributed by atoms with Gasteiger partial charge in [-0.1, -0.05) is 13.8 Å². The van der Waals surface area contributed by atoms with E-state index in [-0.39, 0.29) is 18.3 Å². The van der Waals surface area contributed by atoms with Crippen molar-refractivity contribution in [1.29, 1.82) is 0 Å². The Morgan fingerprint density at radius 3 is 1.48 bits per heavy atom. The van der Waals surface area contributed by atoms with Gasteiger partial charge in [0.25, 0.3) is 0 Å². The zero-order chi connectivity index (χ0) is 16.6. The van der Waals surface area contributed by atoms with Gasteiger partial charge >= 0.3 is 8.80 Å². The van der Waals surface area contributed by atoms with E-state index in [1.807, 2.05) is 41.5 Å². The summed E-state index contributed by atoms with van der Waals surface area (Å²) in [5.41, 5.74) is -0.415. The fraction of sp³-hybridized carbons (Fsp3) is 0.933. The van der Waals surface area contributed by atoms with Crippen molar-refractivity contribution in [3.05, 3.63) is 0 Å². The van der Waals surface area contributed by atoms with Crippen molar-refractivity contribution < 1.29 is 18.1 Å². The van der Waals surface area contributed by atoms with E-state index < -0.39 is 14.5 Å². The standard InChI is InChI=1S/C15H31NO4Si/c1-11(2)9-15(16-10-17)21(18-12(3)4,19-13(5)6)20-14(7)8/h11-15H,9H2,1-8H3. The highest BCUT2D eigenvalue weighted by Gasteiger charge is 2.52. The number of isocyanates is 1. The zero-order valence-corrected chi connectivity index (χ0v) is 15.7. The zero-order valence-electron chi connectivity index (χ0n) is 14.7. The molecule has 0 N–H and O–H groups in total. The Hall–Kier alpha value is -0.523. The van der Waals surface area contributed by atoms with Crippen LogP contribution >= 0.6 is 0 Å². The molecule has 21 heavy (non-hydrogen) atoms. The molecule has 0 bridgehead atoms. The molecule has 0 aromatic carbocycles. The molecule has 0 aliphatic carbocycles. The highest BCUT2D eigenvalue weighted by Crippen LogP contribution is 2.27. The van der Waals surface area contributed by atoms with Crippen molar-refractivity contribution in [2.75, 3.05) is 0 Å². The number of hydrogen-bond donors (Lipinski definition) is 0. The minimum Gasteiger partial charge on any atom is -0.370 e. The molecule has 1 unspecified atom stereocenters. The van der Waals surface area contributed by atoms with Gasteiger partial charge in [-0.2, -0.15) is 4.99 Å². The lowest BCUT2D eigenvalue weighted by Crippen LogP contribution is -2.59. The molecule has 0 aromatic heterocycles. The van der Waals surface area contributed by atoms with E-state index in [0.29, 0.717) is 12.3 Å². The van der Waals surface area contributed by atoms with Crippen LogP contribution in [-0.2, 0) is 18.1 Å². The van der Waals surface area contributed by atoms with Crippen LogP contribution in [-0.4, -0.2) is 38.9 Å². The molecule has 0 saturated heterocycles. The smallest absolute Gasteiger partial charge is 0.370 e. The summed E-state index contributed by atoms with van der Waals surface area (Å²) in [6, 6.07) is 0. The summed E-state index contributed by atoms with van der Waals surface area (Å²) in [5.74, 6) is 0.348. The molecular weight excluding hydrogens is 286 g/mol. The van der Waals surface area contributed by atoms with Crippen LogP contribution in [0.4, 0.5) is 0 Å². The van der Waals surface area contributed by atoms with Crippen molar-refractivity contribution in [3.8, 4) is 0 Å². The van der Waals surface area contributed by atoms with Crippen LogP contribution in [0.5, 0.6) is 0 Å². The highest BCUT2D eigenvalue weighted by molar-refractivity contribution is 6.62. The molecule has 0 rings (SSSR count). The number of aliphatic imine (C=N–C) groups is 1. The van der Waals surface area contributed by atoms with Gasteiger partial charge in [0, 0.05) is 18.3 Å². The molecule has 0 aromatic rings. The van der Waals surface area contributed by atoms with Crippen LogP contribution in [0.2, 0.25) is 0 Å². The molecule has 6 heteroatoms. The third-order valence-electron chi connectivity index (χ3n) is 2.51. The van der Waals surface area contributed by atoms with Crippen molar-refractivity contribution >= 4 is 14.9 Å². The first kappa shape index (κ1) is 20.5. The quantitative estimate of drug-likeness (QED) is 0.351. The van der Waals surface area contributed by atoms with Gasteiger partial charge in [0.05, 0.1) is 0 Å². The maximum Gasteiger partial charge on any atom is 0.528 e. The summed E-state index contributed by atoms with van der Waals surface area (Å²) < 4.78 is 18.3. The molecular formula is C15H31NO4Si. The molecule has 5 nitrogen and oxygen atoms in total. The molecule has 0 radical (unpaired) electrons. The van der Waals surface area contributed by atoms with Crippen LogP contribution in [0.1, 0.15) is 61.8 Å².